The van der Waals surface area contributed by atoms with E-state index in [9.17, 15) is 9.59 Å². The number of halogens is 1. The van der Waals surface area contributed by atoms with Gasteiger partial charge in [-0.3, -0.25) is 14.7 Å². The topological polar surface area (TPSA) is 108 Å². The van der Waals surface area contributed by atoms with Crippen molar-refractivity contribution < 1.29 is 9.59 Å². The molecular formula is C16H18BrN7O2. The molecule has 2 atom stereocenters. The van der Waals surface area contributed by atoms with E-state index in [4.69, 9.17) is 0 Å². The molecule has 2 aliphatic rings. The van der Waals surface area contributed by atoms with Crippen molar-refractivity contribution in [1.82, 2.24) is 34.9 Å². The molecule has 2 aromatic heterocycles. The van der Waals surface area contributed by atoms with Crippen LogP contribution >= 0.6 is 15.9 Å². The Balaban J connectivity index is 1.46. The van der Waals surface area contributed by atoms with Crippen LogP contribution in [0.15, 0.2) is 23.2 Å². The molecule has 0 saturated carbocycles. The quantitative estimate of drug-likeness (QED) is 0.780. The van der Waals surface area contributed by atoms with E-state index in [0.29, 0.717) is 31.4 Å². The molecule has 0 bridgehead atoms. The summed E-state index contributed by atoms with van der Waals surface area (Å²) in [6.45, 7) is 5.45. The van der Waals surface area contributed by atoms with Gasteiger partial charge in [-0.1, -0.05) is 0 Å². The molecule has 26 heavy (non-hydrogen) atoms. The standard InChI is InChI=1S/C16H18BrN7O2/c1-16(2,14-18-3-10(17)4-19-14)15(26)23-5-9-6-24(11(9)7-23)13(25)12-20-8-21-22-12/h3-4,8-9,11H,5-7H2,1-2H3,(H,20,21,22)/t9-,11-/m0/s1. The molecule has 0 aliphatic carbocycles. The number of hydrogen-bond donors (Lipinski definition) is 1. The molecule has 10 heteroatoms. The monoisotopic (exact) mass is 419 g/mol. The van der Waals surface area contributed by atoms with Gasteiger partial charge in [0.1, 0.15) is 17.6 Å². The van der Waals surface area contributed by atoms with E-state index in [2.05, 4.69) is 41.1 Å². The second-order valence-corrected chi connectivity index (χ2v) is 8.09. The van der Waals surface area contributed by atoms with Gasteiger partial charge >= 0.3 is 0 Å². The third kappa shape index (κ3) is 2.68. The number of amides is 2. The molecule has 9 nitrogen and oxygen atoms in total. The Morgan fingerprint density at radius 1 is 1.19 bits per heavy atom. The maximum atomic E-state index is 13.1. The molecule has 0 spiro atoms. The number of carbonyl (C=O) groups excluding carboxylic acids is 2. The van der Waals surface area contributed by atoms with Crippen molar-refractivity contribution >= 4 is 27.7 Å². The molecule has 4 rings (SSSR count). The molecule has 0 aromatic carbocycles. The van der Waals surface area contributed by atoms with Crippen LogP contribution < -0.4 is 0 Å². The van der Waals surface area contributed by atoms with Gasteiger partial charge in [-0.25, -0.2) is 15.0 Å². The Morgan fingerprint density at radius 3 is 2.58 bits per heavy atom. The minimum Gasteiger partial charge on any atom is -0.339 e. The fourth-order valence-electron chi connectivity index (χ4n) is 3.61. The number of aromatic amines is 1. The minimum absolute atomic E-state index is 0.0261. The lowest BCUT2D eigenvalue weighted by Crippen LogP contribution is -2.58. The molecule has 136 valence electrons. The normalized spacial score (nSPS) is 22.1. The van der Waals surface area contributed by atoms with Gasteiger partial charge in [0, 0.05) is 37.9 Å². The highest BCUT2D eigenvalue weighted by molar-refractivity contribution is 9.10. The lowest BCUT2D eigenvalue weighted by atomic mass is 9.90. The van der Waals surface area contributed by atoms with Crippen molar-refractivity contribution in [2.24, 2.45) is 5.92 Å². The van der Waals surface area contributed by atoms with E-state index >= 15 is 0 Å². The zero-order chi connectivity index (χ0) is 18.5. The van der Waals surface area contributed by atoms with Crippen molar-refractivity contribution in [3.63, 3.8) is 0 Å². The van der Waals surface area contributed by atoms with Crippen molar-refractivity contribution in [2.75, 3.05) is 19.6 Å². The molecule has 0 unspecified atom stereocenters. The molecule has 0 radical (unpaired) electrons. The van der Waals surface area contributed by atoms with Crippen LogP contribution in [0.1, 0.15) is 30.3 Å². The minimum atomic E-state index is -0.829. The zero-order valence-corrected chi connectivity index (χ0v) is 16.0. The van der Waals surface area contributed by atoms with Gasteiger partial charge in [-0.05, 0) is 29.8 Å². The number of nitrogens with one attached hydrogen (secondary N) is 1. The second-order valence-electron chi connectivity index (χ2n) is 7.18. The third-order valence-electron chi connectivity index (χ3n) is 5.12. The fourth-order valence-corrected chi connectivity index (χ4v) is 3.81. The molecule has 4 heterocycles. The lowest BCUT2D eigenvalue weighted by Gasteiger charge is -2.42. The highest BCUT2D eigenvalue weighted by Gasteiger charge is 2.51. The fraction of sp³-hybridized carbons (Fsp3) is 0.500. The number of nitrogens with zero attached hydrogens (tertiary/aromatic N) is 6. The summed E-state index contributed by atoms with van der Waals surface area (Å²) in [6.07, 6.45) is 4.60. The van der Waals surface area contributed by atoms with Crippen molar-refractivity contribution in [3.8, 4) is 0 Å². The van der Waals surface area contributed by atoms with Crippen molar-refractivity contribution in [2.45, 2.75) is 25.3 Å². The summed E-state index contributed by atoms with van der Waals surface area (Å²) in [4.78, 5) is 41.5. The van der Waals surface area contributed by atoms with Crippen LogP contribution in [-0.4, -0.2) is 72.4 Å². The number of aromatic nitrogens is 5. The summed E-state index contributed by atoms with van der Waals surface area (Å²) in [7, 11) is 0. The van der Waals surface area contributed by atoms with E-state index in [0.717, 1.165) is 4.47 Å². The first kappa shape index (κ1) is 17.1. The first-order valence-electron chi connectivity index (χ1n) is 8.31. The number of carbonyl (C=O) groups is 2. The van der Waals surface area contributed by atoms with Gasteiger partial charge in [-0.2, -0.15) is 5.10 Å². The summed E-state index contributed by atoms with van der Waals surface area (Å²) in [6, 6.07) is 0.0261. The average molecular weight is 420 g/mol. The summed E-state index contributed by atoms with van der Waals surface area (Å²) in [5.74, 6) is 0.818. The number of fused-ring (bicyclic) bond motifs is 1. The van der Waals surface area contributed by atoms with Crippen LogP contribution in [0.25, 0.3) is 0 Å². The zero-order valence-electron chi connectivity index (χ0n) is 14.4. The van der Waals surface area contributed by atoms with Gasteiger partial charge in [-0.15, -0.1) is 0 Å². The predicted octanol–water partition coefficient (Wildman–Crippen LogP) is 0.618. The molecule has 2 amide bonds. The molecule has 2 fully saturated rings. The SMILES string of the molecule is CC(C)(C(=O)N1C[C@H]2CN(C(=O)c3ncn[nH]3)[C@H]2C1)c1ncc(Br)cn1. The van der Waals surface area contributed by atoms with Crippen LogP contribution in [0, 0.1) is 5.92 Å². The number of rotatable bonds is 3. The summed E-state index contributed by atoms with van der Waals surface area (Å²) < 4.78 is 0.769. The van der Waals surface area contributed by atoms with E-state index < -0.39 is 5.41 Å². The first-order chi connectivity index (χ1) is 12.4. The Kier molecular flexibility index (Phi) is 4.02. The molecule has 2 aliphatic heterocycles. The van der Waals surface area contributed by atoms with Gasteiger partial charge < -0.3 is 9.80 Å². The average Bonchev–Trinajstić information content (AvgIpc) is 3.24. The summed E-state index contributed by atoms with van der Waals surface area (Å²) in [5, 5.41) is 6.32. The lowest BCUT2D eigenvalue weighted by molar-refractivity contribution is -0.135. The van der Waals surface area contributed by atoms with Crippen LogP contribution in [0.5, 0.6) is 0 Å². The smallest absolute Gasteiger partial charge is 0.291 e. The summed E-state index contributed by atoms with van der Waals surface area (Å²) in [5.41, 5.74) is -0.829. The highest BCUT2D eigenvalue weighted by atomic mass is 79.9. The molecule has 2 saturated heterocycles. The van der Waals surface area contributed by atoms with Crippen LogP contribution in [0.4, 0.5) is 0 Å². The van der Waals surface area contributed by atoms with Crippen LogP contribution in [-0.2, 0) is 10.2 Å². The van der Waals surface area contributed by atoms with E-state index in [1.165, 1.54) is 6.33 Å². The second kappa shape index (κ2) is 6.11. The maximum Gasteiger partial charge on any atom is 0.291 e. The van der Waals surface area contributed by atoms with E-state index in [1.807, 2.05) is 18.7 Å². The van der Waals surface area contributed by atoms with Crippen molar-refractivity contribution in [3.05, 3.63) is 34.8 Å². The van der Waals surface area contributed by atoms with E-state index in [1.54, 1.807) is 17.3 Å². The van der Waals surface area contributed by atoms with E-state index in [-0.39, 0.29) is 23.7 Å². The maximum absolute atomic E-state index is 13.1. The highest BCUT2D eigenvalue weighted by Crippen LogP contribution is 2.35. The van der Waals surface area contributed by atoms with Crippen LogP contribution in [0.3, 0.4) is 0 Å². The van der Waals surface area contributed by atoms with Gasteiger partial charge in [0.05, 0.1) is 10.5 Å². The molecule has 1 N–H and O–H groups in total. The Hall–Kier alpha value is -2.36. The Morgan fingerprint density at radius 2 is 1.92 bits per heavy atom. The number of likely N-dealkylation sites (tertiary alicyclic amines) is 2. The summed E-state index contributed by atoms with van der Waals surface area (Å²) >= 11 is 3.31. The van der Waals surface area contributed by atoms with Crippen LogP contribution in [0.2, 0.25) is 0 Å². The molecule has 2 aromatic rings. The number of hydrogen-bond acceptors (Lipinski definition) is 6. The predicted molar refractivity (Wildman–Crippen MR) is 94.0 cm³/mol. The number of H-pyrrole nitrogens is 1. The largest absolute Gasteiger partial charge is 0.339 e. The first-order valence-corrected chi connectivity index (χ1v) is 9.11. The third-order valence-corrected chi connectivity index (χ3v) is 5.53. The van der Waals surface area contributed by atoms with Gasteiger partial charge in [0.2, 0.25) is 11.7 Å². The Labute approximate surface area is 158 Å². The van der Waals surface area contributed by atoms with Crippen molar-refractivity contribution in [1.29, 1.82) is 0 Å². The Bertz CT molecular complexity index is 837. The van der Waals surface area contributed by atoms with Gasteiger partial charge in [0.25, 0.3) is 5.91 Å². The molecular weight excluding hydrogens is 402 g/mol. The van der Waals surface area contributed by atoms with Gasteiger partial charge in [0.15, 0.2) is 0 Å².